The first-order chi connectivity index (χ1) is 14.5. The quantitative estimate of drug-likeness (QED) is 0.416. The maximum absolute atomic E-state index is 12.3. The second-order valence-electron chi connectivity index (χ2n) is 7.08. The van der Waals surface area contributed by atoms with Gasteiger partial charge < -0.3 is 9.26 Å². The fourth-order valence-corrected chi connectivity index (χ4v) is 3.65. The highest BCUT2D eigenvalue weighted by molar-refractivity contribution is 7.16. The molecule has 1 aromatic carbocycles. The molecule has 0 aliphatic carbocycles. The minimum Gasteiger partial charge on any atom is -0.456 e. The van der Waals surface area contributed by atoms with Crippen LogP contribution in [0.25, 0.3) is 21.6 Å². The van der Waals surface area contributed by atoms with Gasteiger partial charge in [-0.15, -0.1) is 11.3 Å². The molecule has 0 saturated carbocycles. The van der Waals surface area contributed by atoms with Crippen LogP contribution < -0.4 is 5.56 Å². The highest BCUT2D eigenvalue weighted by Gasteiger charge is 2.13. The number of benzene rings is 1. The number of rotatable bonds is 7. The molecule has 0 radical (unpaired) electrons. The third-order valence-corrected chi connectivity index (χ3v) is 5.49. The van der Waals surface area contributed by atoms with Crippen LogP contribution in [-0.4, -0.2) is 25.7 Å². The minimum absolute atomic E-state index is 0.0366. The Balaban J connectivity index is 1.32. The van der Waals surface area contributed by atoms with Gasteiger partial charge in [-0.05, 0) is 22.9 Å². The normalized spacial score (nSPS) is 11.3. The Bertz CT molecular complexity index is 1220. The van der Waals surface area contributed by atoms with Crippen molar-refractivity contribution >= 4 is 27.5 Å². The Labute approximate surface area is 176 Å². The van der Waals surface area contributed by atoms with E-state index in [9.17, 15) is 9.59 Å². The molecule has 0 amide bonds. The largest absolute Gasteiger partial charge is 0.456 e. The van der Waals surface area contributed by atoms with Gasteiger partial charge in [0, 0.05) is 12.1 Å². The molecule has 0 unspecified atom stereocenters. The summed E-state index contributed by atoms with van der Waals surface area (Å²) in [7, 11) is 0. The molecule has 8 nitrogen and oxygen atoms in total. The van der Waals surface area contributed by atoms with Gasteiger partial charge in [0.25, 0.3) is 11.4 Å². The number of aromatic nitrogens is 4. The standard InChI is InChI=1S/C21H20N4O4S/c1-13(2)14-3-5-15(6-4-14)19-23-17(29-24-19)11-28-18(26)7-9-25-12-22-20-16(21(25)27)8-10-30-20/h3-6,8,10,12-13H,7,9,11H2,1-2H3. The predicted molar refractivity (Wildman–Crippen MR) is 112 cm³/mol. The van der Waals surface area contributed by atoms with Gasteiger partial charge in [-0.2, -0.15) is 4.98 Å². The second-order valence-corrected chi connectivity index (χ2v) is 7.98. The summed E-state index contributed by atoms with van der Waals surface area (Å²) in [6.45, 7) is 4.33. The lowest BCUT2D eigenvalue weighted by Crippen LogP contribution is -2.21. The molecule has 0 aliphatic rings. The molecule has 0 aliphatic heterocycles. The maximum Gasteiger partial charge on any atom is 0.308 e. The fraction of sp³-hybridized carbons (Fsp3) is 0.286. The number of esters is 1. The Morgan fingerprint density at radius 3 is 2.80 bits per heavy atom. The van der Waals surface area contributed by atoms with E-state index in [4.69, 9.17) is 9.26 Å². The Hall–Kier alpha value is -3.33. The molecular formula is C21H20N4O4S. The van der Waals surface area contributed by atoms with E-state index >= 15 is 0 Å². The molecule has 4 aromatic rings. The summed E-state index contributed by atoms with van der Waals surface area (Å²) in [5, 5.41) is 6.30. The van der Waals surface area contributed by atoms with Crippen LogP contribution in [0.15, 0.2) is 51.4 Å². The monoisotopic (exact) mass is 424 g/mol. The number of hydrogen-bond acceptors (Lipinski definition) is 8. The molecule has 30 heavy (non-hydrogen) atoms. The van der Waals surface area contributed by atoms with Crippen molar-refractivity contribution in [1.82, 2.24) is 19.7 Å². The number of hydrogen-bond donors (Lipinski definition) is 0. The molecule has 0 spiro atoms. The lowest BCUT2D eigenvalue weighted by Gasteiger charge is -2.05. The van der Waals surface area contributed by atoms with E-state index in [0.29, 0.717) is 22.0 Å². The fourth-order valence-electron chi connectivity index (χ4n) is 2.93. The number of nitrogens with zero attached hydrogens (tertiary/aromatic N) is 4. The molecule has 0 fully saturated rings. The van der Waals surface area contributed by atoms with Crippen LogP contribution in [-0.2, 0) is 22.7 Å². The van der Waals surface area contributed by atoms with Crippen molar-refractivity contribution in [2.45, 2.75) is 39.3 Å². The van der Waals surface area contributed by atoms with Crippen LogP contribution in [0.1, 0.15) is 37.6 Å². The summed E-state index contributed by atoms with van der Waals surface area (Å²) in [6, 6.07) is 9.66. The molecule has 0 bridgehead atoms. The SMILES string of the molecule is CC(C)c1ccc(-c2noc(COC(=O)CCn3cnc4sccc4c3=O)n2)cc1. The Morgan fingerprint density at radius 2 is 2.03 bits per heavy atom. The van der Waals surface area contributed by atoms with Gasteiger partial charge in [0.1, 0.15) is 4.83 Å². The molecule has 154 valence electrons. The van der Waals surface area contributed by atoms with Crippen molar-refractivity contribution in [1.29, 1.82) is 0 Å². The van der Waals surface area contributed by atoms with Crippen molar-refractivity contribution in [2.24, 2.45) is 0 Å². The third kappa shape index (κ3) is 4.30. The second kappa shape index (κ2) is 8.58. The zero-order valence-electron chi connectivity index (χ0n) is 16.6. The average Bonchev–Trinajstić information content (AvgIpc) is 3.42. The molecule has 0 N–H and O–H groups in total. The highest BCUT2D eigenvalue weighted by Crippen LogP contribution is 2.20. The molecule has 4 rings (SSSR count). The number of ether oxygens (including phenoxy) is 1. The van der Waals surface area contributed by atoms with Gasteiger partial charge in [-0.25, -0.2) is 4.98 Å². The summed E-state index contributed by atoms with van der Waals surface area (Å²) in [5.74, 6) is 0.634. The van der Waals surface area contributed by atoms with E-state index in [1.54, 1.807) is 6.07 Å². The third-order valence-electron chi connectivity index (χ3n) is 4.67. The van der Waals surface area contributed by atoms with E-state index in [-0.39, 0.29) is 31.0 Å². The van der Waals surface area contributed by atoms with Crippen LogP contribution in [0.2, 0.25) is 0 Å². The van der Waals surface area contributed by atoms with Crippen molar-refractivity contribution in [3.63, 3.8) is 0 Å². The number of thiophene rings is 1. The minimum atomic E-state index is -0.464. The first-order valence-corrected chi connectivity index (χ1v) is 10.4. The number of fused-ring (bicyclic) bond motifs is 1. The highest BCUT2D eigenvalue weighted by atomic mass is 32.1. The molecule has 3 aromatic heterocycles. The Morgan fingerprint density at radius 1 is 1.23 bits per heavy atom. The topological polar surface area (TPSA) is 100 Å². The molecule has 3 heterocycles. The van der Waals surface area contributed by atoms with Crippen molar-refractivity contribution in [2.75, 3.05) is 0 Å². The maximum atomic E-state index is 12.3. The molecule has 9 heteroatoms. The van der Waals surface area contributed by atoms with Crippen LogP contribution >= 0.6 is 11.3 Å². The summed E-state index contributed by atoms with van der Waals surface area (Å²) < 4.78 is 11.8. The number of carbonyl (C=O) groups is 1. The van der Waals surface area contributed by atoms with Gasteiger partial charge in [-0.3, -0.25) is 14.2 Å². The first-order valence-electron chi connectivity index (χ1n) is 9.52. The van der Waals surface area contributed by atoms with Crippen LogP contribution in [0.5, 0.6) is 0 Å². The Kier molecular flexibility index (Phi) is 5.71. The molecule has 0 atom stereocenters. The summed E-state index contributed by atoms with van der Waals surface area (Å²) >= 11 is 1.40. The van der Waals surface area contributed by atoms with Crippen LogP contribution in [0.4, 0.5) is 0 Å². The summed E-state index contributed by atoms with van der Waals surface area (Å²) in [6.07, 6.45) is 1.48. The summed E-state index contributed by atoms with van der Waals surface area (Å²) in [4.78, 5) is 33.5. The number of aryl methyl sites for hydroxylation is 1. The van der Waals surface area contributed by atoms with Gasteiger partial charge in [0.05, 0.1) is 18.1 Å². The van der Waals surface area contributed by atoms with Crippen LogP contribution in [0, 0.1) is 0 Å². The van der Waals surface area contributed by atoms with E-state index in [1.165, 1.54) is 27.8 Å². The summed E-state index contributed by atoms with van der Waals surface area (Å²) in [5.41, 5.74) is 1.89. The zero-order valence-corrected chi connectivity index (χ0v) is 17.4. The van der Waals surface area contributed by atoms with Crippen molar-refractivity contribution in [3.05, 3.63) is 63.8 Å². The zero-order chi connectivity index (χ0) is 21.1. The molecule has 0 saturated heterocycles. The first kappa shape index (κ1) is 20.0. The average molecular weight is 424 g/mol. The lowest BCUT2D eigenvalue weighted by molar-refractivity contribution is -0.146. The van der Waals surface area contributed by atoms with Crippen LogP contribution in [0.3, 0.4) is 0 Å². The van der Waals surface area contributed by atoms with Gasteiger partial charge in [-0.1, -0.05) is 43.3 Å². The van der Waals surface area contributed by atoms with Gasteiger partial charge >= 0.3 is 5.97 Å². The lowest BCUT2D eigenvalue weighted by atomic mass is 10.0. The van der Waals surface area contributed by atoms with E-state index in [0.717, 1.165) is 5.56 Å². The predicted octanol–water partition coefficient (Wildman–Crippen LogP) is 3.76. The smallest absolute Gasteiger partial charge is 0.308 e. The van der Waals surface area contributed by atoms with Gasteiger partial charge in [0.15, 0.2) is 6.61 Å². The van der Waals surface area contributed by atoms with E-state index in [2.05, 4.69) is 29.0 Å². The van der Waals surface area contributed by atoms with E-state index in [1.807, 2.05) is 29.6 Å². The van der Waals surface area contributed by atoms with Gasteiger partial charge in [0.2, 0.25) is 5.82 Å². The van der Waals surface area contributed by atoms with Crippen molar-refractivity contribution in [3.8, 4) is 11.4 Å². The molecular weight excluding hydrogens is 404 g/mol. The van der Waals surface area contributed by atoms with Crippen molar-refractivity contribution < 1.29 is 14.1 Å². The van der Waals surface area contributed by atoms with E-state index < -0.39 is 5.97 Å². The number of carbonyl (C=O) groups excluding carboxylic acids is 1.